The minimum absolute atomic E-state index is 0.332. The van der Waals surface area contributed by atoms with E-state index >= 15 is 0 Å². The highest BCUT2D eigenvalue weighted by Gasteiger charge is 1.99. The second-order valence-electron chi connectivity index (χ2n) is 4.59. The second-order valence-corrected chi connectivity index (χ2v) is 4.59. The van der Waals surface area contributed by atoms with Gasteiger partial charge in [0.25, 0.3) is 0 Å². The molecule has 21 heavy (non-hydrogen) atoms. The monoisotopic (exact) mass is 281 g/mol. The molecule has 0 unspecified atom stereocenters. The quantitative estimate of drug-likeness (QED) is 0.719. The van der Waals surface area contributed by atoms with Gasteiger partial charge in [-0.2, -0.15) is 5.10 Å². The van der Waals surface area contributed by atoms with E-state index in [1.165, 1.54) is 11.9 Å². The van der Waals surface area contributed by atoms with Crippen LogP contribution in [0.5, 0.6) is 17.2 Å². The van der Waals surface area contributed by atoms with Crippen molar-refractivity contribution in [3.63, 3.8) is 0 Å². The first-order valence-electron chi connectivity index (χ1n) is 6.59. The van der Waals surface area contributed by atoms with Crippen LogP contribution in [-0.4, -0.2) is 14.8 Å². The van der Waals surface area contributed by atoms with Crippen molar-refractivity contribution in [2.24, 2.45) is 0 Å². The lowest BCUT2D eigenvalue weighted by Gasteiger charge is -2.08. The largest absolute Gasteiger partial charge is 0.471 e. The molecular weight excluding hydrogens is 266 g/mol. The Morgan fingerprint density at radius 3 is 2.14 bits per heavy atom. The van der Waals surface area contributed by atoms with E-state index < -0.39 is 0 Å². The Labute approximate surface area is 122 Å². The third kappa shape index (κ3) is 3.60. The van der Waals surface area contributed by atoms with Gasteiger partial charge in [-0.3, -0.25) is 0 Å². The molecule has 0 N–H and O–H groups in total. The summed E-state index contributed by atoms with van der Waals surface area (Å²) in [5.41, 5.74) is 1.21. The molecule has 0 saturated heterocycles. The van der Waals surface area contributed by atoms with E-state index in [0.717, 1.165) is 17.2 Å². The molecule has 0 amide bonds. The zero-order chi connectivity index (χ0) is 14.5. The van der Waals surface area contributed by atoms with Crippen molar-refractivity contribution in [3.8, 4) is 17.2 Å². The average Bonchev–Trinajstić information content (AvgIpc) is 3.02. The second kappa shape index (κ2) is 6.09. The molecule has 0 atom stereocenters. The van der Waals surface area contributed by atoms with Crippen molar-refractivity contribution < 1.29 is 9.47 Å². The van der Waals surface area contributed by atoms with Crippen LogP contribution in [0.25, 0.3) is 0 Å². The lowest BCUT2D eigenvalue weighted by molar-refractivity contribution is 0.220. The fourth-order valence-electron chi connectivity index (χ4n) is 1.79. The lowest BCUT2D eigenvalue weighted by atomic mass is 10.2. The summed E-state index contributed by atoms with van der Waals surface area (Å²) >= 11 is 0. The molecule has 5 nitrogen and oxygen atoms in total. The molecule has 1 aromatic heterocycles. The van der Waals surface area contributed by atoms with Crippen molar-refractivity contribution in [1.29, 1.82) is 0 Å². The number of aryl methyl sites for hydroxylation is 1. The zero-order valence-corrected chi connectivity index (χ0v) is 11.6. The molecule has 106 valence electrons. The minimum atomic E-state index is 0.332. The van der Waals surface area contributed by atoms with E-state index in [0.29, 0.717) is 6.73 Å². The molecule has 2 aromatic carbocycles. The van der Waals surface area contributed by atoms with Gasteiger partial charge in [-0.25, -0.2) is 9.67 Å². The fraction of sp³-hybridized carbons (Fsp3) is 0.125. The van der Waals surface area contributed by atoms with Gasteiger partial charge in [-0.1, -0.05) is 17.7 Å². The SMILES string of the molecule is Cc1ccc(Oc2ccc(OCn3cncn3)cc2)cc1. The number of ether oxygens (including phenoxy) is 2. The molecule has 0 fully saturated rings. The smallest absolute Gasteiger partial charge is 0.182 e. The van der Waals surface area contributed by atoms with Crippen LogP contribution >= 0.6 is 0 Å². The highest BCUT2D eigenvalue weighted by Crippen LogP contribution is 2.24. The number of hydrogen-bond acceptors (Lipinski definition) is 4. The molecule has 0 aliphatic carbocycles. The van der Waals surface area contributed by atoms with Crippen molar-refractivity contribution in [2.75, 3.05) is 0 Å². The third-order valence-electron chi connectivity index (χ3n) is 2.91. The van der Waals surface area contributed by atoms with E-state index in [9.17, 15) is 0 Å². The fourth-order valence-corrected chi connectivity index (χ4v) is 1.79. The summed E-state index contributed by atoms with van der Waals surface area (Å²) in [6, 6.07) is 15.4. The maximum absolute atomic E-state index is 5.76. The molecular formula is C16H15N3O2. The van der Waals surface area contributed by atoms with E-state index in [-0.39, 0.29) is 0 Å². The van der Waals surface area contributed by atoms with Gasteiger partial charge in [0.1, 0.15) is 29.9 Å². The van der Waals surface area contributed by atoms with Crippen molar-refractivity contribution in [2.45, 2.75) is 13.7 Å². The summed E-state index contributed by atoms with van der Waals surface area (Å²) in [7, 11) is 0. The normalized spacial score (nSPS) is 10.3. The van der Waals surface area contributed by atoms with E-state index in [1.54, 1.807) is 11.0 Å². The number of nitrogens with zero attached hydrogens (tertiary/aromatic N) is 3. The van der Waals surface area contributed by atoms with Crippen LogP contribution in [0, 0.1) is 6.92 Å². The Morgan fingerprint density at radius 2 is 1.52 bits per heavy atom. The molecule has 1 heterocycles. The number of aromatic nitrogens is 3. The molecule has 3 aromatic rings. The lowest BCUT2D eigenvalue weighted by Crippen LogP contribution is -2.05. The number of rotatable bonds is 5. The van der Waals surface area contributed by atoms with Gasteiger partial charge in [0.05, 0.1) is 0 Å². The van der Waals surface area contributed by atoms with Crippen LogP contribution in [0.3, 0.4) is 0 Å². The molecule has 5 heteroatoms. The standard InChI is InChI=1S/C16H15N3O2/c1-13-2-4-15(5-3-13)21-16-8-6-14(7-9-16)20-12-19-11-17-10-18-19/h2-11H,12H2,1H3. The first kappa shape index (κ1) is 13.2. The molecule has 0 saturated carbocycles. The predicted molar refractivity (Wildman–Crippen MR) is 78.3 cm³/mol. The van der Waals surface area contributed by atoms with E-state index in [1.807, 2.05) is 55.5 Å². The number of hydrogen-bond donors (Lipinski definition) is 0. The van der Waals surface area contributed by atoms with Gasteiger partial charge in [0.2, 0.25) is 0 Å². The molecule has 0 spiro atoms. The Kier molecular flexibility index (Phi) is 3.82. The van der Waals surface area contributed by atoms with Gasteiger partial charge in [-0.05, 0) is 43.3 Å². The van der Waals surface area contributed by atoms with Crippen LogP contribution in [0.15, 0.2) is 61.2 Å². The summed E-state index contributed by atoms with van der Waals surface area (Å²) < 4.78 is 12.9. The molecule has 0 aliphatic heterocycles. The Morgan fingerprint density at radius 1 is 0.905 bits per heavy atom. The van der Waals surface area contributed by atoms with Crippen LogP contribution in [0.2, 0.25) is 0 Å². The first-order chi connectivity index (χ1) is 10.3. The van der Waals surface area contributed by atoms with Crippen LogP contribution in [0.1, 0.15) is 5.56 Å². The van der Waals surface area contributed by atoms with Gasteiger partial charge < -0.3 is 9.47 Å². The Bertz CT molecular complexity index is 677. The van der Waals surface area contributed by atoms with E-state index in [4.69, 9.17) is 9.47 Å². The minimum Gasteiger partial charge on any atom is -0.471 e. The summed E-state index contributed by atoms with van der Waals surface area (Å²) in [6.45, 7) is 2.38. The van der Waals surface area contributed by atoms with Crippen LogP contribution in [-0.2, 0) is 6.73 Å². The van der Waals surface area contributed by atoms with Crippen LogP contribution < -0.4 is 9.47 Å². The molecule has 0 radical (unpaired) electrons. The molecule has 0 bridgehead atoms. The topological polar surface area (TPSA) is 49.2 Å². The van der Waals surface area contributed by atoms with Gasteiger partial charge in [-0.15, -0.1) is 0 Å². The molecule has 0 aliphatic rings. The highest BCUT2D eigenvalue weighted by atomic mass is 16.5. The highest BCUT2D eigenvalue weighted by molar-refractivity contribution is 5.36. The van der Waals surface area contributed by atoms with Crippen molar-refractivity contribution in [1.82, 2.24) is 14.8 Å². The average molecular weight is 281 g/mol. The van der Waals surface area contributed by atoms with Crippen molar-refractivity contribution >= 4 is 0 Å². The summed E-state index contributed by atoms with van der Waals surface area (Å²) in [5, 5.41) is 3.97. The van der Waals surface area contributed by atoms with E-state index in [2.05, 4.69) is 10.1 Å². The van der Waals surface area contributed by atoms with Crippen LogP contribution in [0.4, 0.5) is 0 Å². The Hall–Kier alpha value is -2.82. The maximum Gasteiger partial charge on any atom is 0.182 e. The molecule has 3 rings (SSSR count). The maximum atomic E-state index is 5.76. The third-order valence-corrected chi connectivity index (χ3v) is 2.91. The first-order valence-corrected chi connectivity index (χ1v) is 6.59. The van der Waals surface area contributed by atoms with Gasteiger partial charge in [0.15, 0.2) is 6.73 Å². The number of benzene rings is 2. The van der Waals surface area contributed by atoms with Gasteiger partial charge in [0, 0.05) is 0 Å². The summed E-state index contributed by atoms with van der Waals surface area (Å²) in [5.74, 6) is 2.34. The summed E-state index contributed by atoms with van der Waals surface area (Å²) in [6.07, 6.45) is 3.08. The predicted octanol–water partition coefficient (Wildman–Crippen LogP) is 3.42. The summed E-state index contributed by atoms with van der Waals surface area (Å²) in [4.78, 5) is 3.85. The zero-order valence-electron chi connectivity index (χ0n) is 11.6. The Balaban J connectivity index is 1.59. The van der Waals surface area contributed by atoms with Gasteiger partial charge >= 0.3 is 0 Å². The van der Waals surface area contributed by atoms with Crippen molar-refractivity contribution in [3.05, 3.63) is 66.7 Å².